The Balaban J connectivity index is 0.000000605. The Morgan fingerprint density at radius 1 is 0.750 bits per heavy atom. The smallest absolute Gasteiger partial charge is 0.246 e. The summed E-state index contributed by atoms with van der Waals surface area (Å²) in [6, 6.07) is 18.1. The van der Waals surface area contributed by atoms with E-state index < -0.39 is 0 Å². The van der Waals surface area contributed by atoms with E-state index in [4.69, 9.17) is 0 Å². The van der Waals surface area contributed by atoms with Crippen molar-refractivity contribution in [2.24, 2.45) is 0 Å². The van der Waals surface area contributed by atoms with Crippen LogP contribution in [0, 0.1) is 12.1 Å². The number of rotatable bonds is 0. The van der Waals surface area contributed by atoms with Gasteiger partial charge in [-0.1, -0.05) is 0 Å². The van der Waals surface area contributed by atoms with E-state index in [-0.39, 0.29) is 37.7 Å². The molecule has 0 aliphatic rings. The molecule has 0 spiro atoms. The third-order valence-corrected chi connectivity index (χ3v) is 1.49. The molecule has 2 rings (SSSR count). The first-order chi connectivity index (χ1) is 4.97. The van der Waals surface area contributed by atoms with Gasteiger partial charge >= 0.3 is 37.7 Å². The second-order valence-corrected chi connectivity index (χ2v) is 2.17. The largest absolute Gasteiger partial charge is 1.00 e. The first-order valence-electron chi connectivity index (χ1n) is 3.24. The molecule has 0 fully saturated rings. The summed E-state index contributed by atoms with van der Waals surface area (Å²) in [5, 5.41) is 2.26. The predicted molar refractivity (Wildman–Crippen MR) is 41.6 cm³/mol. The van der Waals surface area contributed by atoms with Gasteiger partial charge in [0, 0.05) is 0 Å². The average molecular weight is 140 g/mol. The molecule has 0 saturated carbocycles. The molecule has 0 aliphatic heterocycles. The standard InChI is InChI=1S/C10H6.2Li/c1-2-6-10-8-4-3-7-9(10)5-1;;/h1-6H;;/q-2;2*+1. The summed E-state index contributed by atoms with van der Waals surface area (Å²) in [6.07, 6.45) is 0. The third-order valence-electron chi connectivity index (χ3n) is 1.49. The zero-order valence-electron chi connectivity index (χ0n) is 7.46. The Labute approximate surface area is 96.7 Å². The first-order valence-corrected chi connectivity index (χ1v) is 3.24. The van der Waals surface area contributed by atoms with Gasteiger partial charge in [-0.15, -0.1) is 12.1 Å². The van der Waals surface area contributed by atoms with Crippen molar-refractivity contribution in [3.8, 4) is 0 Å². The first kappa shape index (κ1) is 11.9. The Morgan fingerprint density at radius 3 is 1.58 bits per heavy atom. The average Bonchev–Trinajstić information content (AvgIpc) is 2.05. The van der Waals surface area contributed by atoms with Crippen LogP contribution in [0.5, 0.6) is 0 Å². The molecule has 0 radical (unpaired) electrons. The van der Waals surface area contributed by atoms with Crippen molar-refractivity contribution >= 4 is 10.8 Å². The van der Waals surface area contributed by atoms with E-state index >= 15 is 0 Å². The maximum absolute atomic E-state index is 3.12. The summed E-state index contributed by atoms with van der Waals surface area (Å²) in [5.41, 5.74) is 0. The molecule has 0 N–H and O–H groups in total. The molecule has 0 atom stereocenters. The third kappa shape index (κ3) is 2.44. The molecular weight excluding hydrogens is 134 g/mol. The van der Waals surface area contributed by atoms with Gasteiger partial charge in [0.05, 0.1) is 0 Å². The van der Waals surface area contributed by atoms with E-state index in [1.165, 1.54) is 0 Å². The summed E-state index contributed by atoms with van der Waals surface area (Å²) in [4.78, 5) is 0. The van der Waals surface area contributed by atoms with Gasteiger partial charge in [0.1, 0.15) is 0 Å². The monoisotopic (exact) mass is 140 g/mol. The van der Waals surface area contributed by atoms with E-state index in [0.29, 0.717) is 0 Å². The van der Waals surface area contributed by atoms with Crippen molar-refractivity contribution in [1.29, 1.82) is 0 Å². The molecule has 0 aliphatic carbocycles. The van der Waals surface area contributed by atoms with Crippen molar-refractivity contribution in [2.75, 3.05) is 0 Å². The van der Waals surface area contributed by atoms with Gasteiger partial charge in [0.15, 0.2) is 0 Å². The normalized spacial score (nSPS) is 8.33. The van der Waals surface area contributed by atoms with Crippen molar-refractivity contribution in [3.63, 3.8) is 0 Å². The van der Waals surface area contributed by atoms with E-state index in [0.717, 1.165) is 10.8 Å². The van der Waals surface area contributed by atoms with Crippen LogP contribution in [0.1, 0.15) is 0 Å². The maximum Gasteiger partial charge on any atom is 1.00 e. The van der Waals surface area contributed by atoms with Gasteiger partial charge < -0.3 is 0 Å². The minimum Gasteiger partial charge on any atom is -0.246 e. The molecule has 0 aromatic heterocycles. The van der Waals surface area contributed by atoms with Crippen molar-refractivity contribution < 1.29 is 37.7 Å². The Morgan fingerprint density at radius 2 is 1.17 bits per heavy atom. The zero-order valence-corrected chi connectivity index (χ0v) is 7.46. The molecule has 12 heavy (non-hydrogen) atoms. The molecule has 0 saturated heterocycles. The van der Waals surface area contributed by atoms with Crippen LogP contribution >= 0.6 is 0 Å². The van der Waals surface area contributed by atoms with Gasteiger partial charge in [-0.05, 0) is 0 Å². The Bertz CT molecular complexity index is 279. The second-order valence-electron chi connectivity index (χ2n) is 2.17. The van der Waals surface area contributed by atoms with E-state index in [2.05, 4.69) is 12.1 Å². The van der Waals surface area contributed by atoms with Crippen molar-refractivity contribution in [1.82, 2.24) is 0 Å². The molecule has 0 unspecified atom stereocenters. The van der Waals surface area contributed by atoms with Gasteiger partial charge in [-0.3, -0.25) is 0 Å². The van der Waals surface area contributed by atoms with Crippen LogP contribution in [0.2, 0.25) is 0 Å². The summed E-state index contributed by atoms with van der Waals surface area (Å²) in [6.45, 7) is 0. The fourth-order valence-corrected chi connectivity index (χ4v) is 0.998. The second kappa shape index (κ2) is 5.52. The Hall–Kier alpha value is -0.105. The summed E-state index contributed by atoms with van der Waals surface area (Å²) < 4.78 is 0. The van der Waals surface area contributed by atoms with Gasteiger partial charge in [0.25, 0.3) is 0 Å². The molecule has 2 aromatic rings. The summed E-state index contributed by atoms with van der Waals surface area (Å²) in [5.74, 6) is 0. The van der Waals surface area contributed by atoms with Crippen molar-refractivity contribution in [3.05, 3.63) is 48.5 Å². The molecule has 0 nitrogen and oxygen atoms in total. The Kier molecular flexibility index (Phi) is 5.48. The van der Waals surface area contributed by atoms with Crippen molar-refractivity contribution in [2.45, 2.75) is 0 Å². The van der Waals surface area contributed by atoms with Gasteiger partial charge in [-0.25, -0.2) is 35.0 Å². The van der Waals surface area contributed by atoms with Crippen LogP contribution in [0.25, 0.3) is 10.8 Å². The van der Waals surface area contributed by atoms with Gasteiger partial charge in [0.2, 0.25) is 0 Å². The van der Waals surface area contributed by atoms with Crippen LogP contribution in [0.4, 0.5) is 0 Å². The molecular formula is C10H6Li2. The minimum atomic E-state index is 0. The van der Waals surface area contributed by atoms with Crippen LogP contribution in [0.15, 0.2) is 36.4 Å². The molecule has 2 heteroatoms. The van der Waals surface area contributed by atoms with Crippen LogP contribution < -0.4 is 37.7 Å². The molecule has 0 amide bonds. The minimum absolute atomic E-state index is 0. The molecule has 48 valence electrons. The zero-order chi connectivity index (χ0) is 6.81. The topological polar surface area (TPSA) is 0 Å². The molecule has 0 heterocycles. The molecule has 0 bridgehead atoms. The summed E-state index contributed by atoms with van der Waals surface area (Å²) in [7, 11) is 0. The predicted octanol–water partition coefficient (Wildman–Crippen LogP) is -3.55. The fraction of sp³-hybridized carbons (Fsp3) is 0. The van der Waals surface area contributed by atoms with Crippen LogP contribution in [-0.4, -0.2) is 0 Å². The SMILES string of the molecule is [Li+].[Li+].[c-]1cc[c-]c2ccccc12. The number of hydrogen-bond donors (Lipinski definition) is 0. The fourth-order valence-electron chi connectivity index (χ4n) is 0.998. The van der Waals surface area contributed by atoms with Crippen LogP contribution in [-0.2, 0) is 0 Å². The van der Waals surface area contributed by atoms with E-state index in [1.54, 1.807) is 0 Å². The molecule has 2 aromatic carbocycles. The maximum atomic E-state index is 3.12. The number of fused-ring (bicyclic) bond motifs is 1. The number of benzene rings is 2. The van der Waals surface area contributed by atoms with E-state index in [9.17, 15) is 0 Å². The quantitative estimate of drug-likeness (QED) is 0.262. The van der Waals surface area contributed by atoms with E-state index in [1.807, 2.05) is 36.4 Å². The summed E-state index contributed by atoms with van der Waals surface area (Å²) >= 11 is 0. The van der Waals surface area contributed by atoms with Gasteiger partial charge in [-0.2, -0.15) is 12.1 Å². The van der Waals surface area contributed by atoms with Crippen LogP contribution in [0.3, 0.4) is 0 Å². The number of hydrogen-bond acceptors (Lipinski definition) is 0.